The lowest BCUT2D eigenvalue weighted by atomic mass is 10.00. The number of nitrogens with zero attached hydrogens (tertiary/aromatic N) is 1. The van der Waals surface area contributed by atoms with E-state index < -0.39 is 11.6 Å². The minimum atomic E-state index is -0.806. The number of ketones is 1. The van der Waals surface area contributed by atoms with Gasteiger partial charge in [-0.2, -0.15) is 5.10 Å². The van der Waals surface area contributed by atoms with Crippen molar-refractivity contribution < 1.29 is 28.2 Å². The van der Waals surface area contributed by atoms with Gasteiger partial charge >= 0.3 is 0 Å². The number of ether oxygens (including phenoxy) is 2. The molecule has 0 bridgehead atoms. The van der Waals surface area contributed by atoms with Crippen molar-refractivity contribution in [3.05, 3.63) is 88.9 Å². The largest absolute Gasteiger partial charge is 0.494 e. The van der Waals surface area contributed by atoms with Crippen molar-refractivity contribution >= 4 is 28.5 Å². The molecule has 11 heteroatoms. The summed E-state index contributed by atoms with van der Waals surface area (Å²) in [7, 11) is 1.32. The number of fused-ring (bicyclic) bond motifs is 1. The van der Waals surface area contributed by atoms with Gasteiger partial charge < -0.3 is 25.4 Å². The molecule has 4 N–H and O–H groups in total. The number of aromatic nitrogens is 2. The fourth-order valence-electron chi connectivity index (χ4n) is 4.72. The Morgan fingerprint density at radius 2 is 1.56 bits per heavy atom. The van der Waals surface area contributed by atoms with Crippen LogP contribution < -0.4 is 25.4 Å². The Hall–Kier alpha value is -4.77. The van der Waals surface area contributed by atoms with Crippen molar-refractivity contribution in [3.63, 3.8) is 0 Å². The molecule has 0 spiro atoms. The molecule has 4 aromatic rings. The Morgan fingerprint density at radius 3 is 2.24 bits per heavy atom. The first-order valence-electron chi connectivity index (χ1n) is 13.3. The molecule has 0 saturated carbocycles. The maximum absolute atomic E-state index is 15.1. The molecule has 1 aromatic heterocycles. The third-order valence-corrected chi connectivity index (χ3v) is 6.94. The molecule has 1 fully saturated rings. The number of benzene rings is 3. The Labute approximate surface area is 235 Å². The number of aromatic amines is 1. The second kappa shape index (κ2) is 12.2. The summed E-state index contributed by atoms with van der Waals surface area (Å²) >= 11 is 0. The molecule has 10 nitrogen and oxygen atoms in total. The lowest BCUT2D eigenvalue weighted by Gasteiger charge is -2.21. The number of nitrogens with one attached hydrogen (secondary N) is 4. The molecule has 0 aliphatic carbocycles. The van der Waals surface area contributed by atoms with Crippen molar-refractivity contribution in [2.24, 2.45) is 0 Å². The summed E-state index contributed by atoms with van der Waals surface area (Å²) < 4.78 is 25.7. The van der Waals surface area contributed by atoms with Gasteiger partial charge in [-0.1, -0.05) is 25.1 Å². The van der Waals surface area contributed by atoms with Gasteiger partial charge in [0.05, 0.1) is 37.5 Å². The van der Waals surface area contributed by atoms with Crippen molar-refractivity contribution in [1.29, 1.82) is 0 Å². The number of methoxy groups -OCH3 is 1. The minimum absolute atomic E-state index is 0.0677. The van der Waals surface area contributed by atoms with Crippen LogP contribution in [0.15, 0.2) is 60.8 Å². The van der Waals surface area contributed by atoms with Crippen LogP contribution >= 0.6 is 0 Å². The Kier molecular flexibility index (Phi) is 8.25. The van der Waals surface area contributed by atoms with Gasteiger partial charge in [0.2, 0.25) is 0 Å². The van der Waals surface area contributed by atoms with E-state index in [1.54, 1.807) is 18.3 Å². The summed E-state index contributed by atoms with van der Waals surface area (Å²) in [4.78, 5) is 39.2. The average molecular weight is 560 g/mol. The number of H-pyrrole nitrogens is 1. The van der Waals surface area contributed by atoms with E-state index in [9.17, 15) is 14.4 Å². The van der Waals surface area contributed by atoms with Crippen LogP contribution in [0.25, 0.3) is 10.9 Å². The normalized spacial score (nSPS) is 16.4. The maximum Gasteiger partial charge on any atom is 0.251 e. The predicted octanol–water partition coefficient (Wildman–Crippen LogP) is 3.23. The van der Waals surface area contributed by atoms with Gasteiger partial charge in [0, 0.05) is 35.2 Å². The van der Waals surface area contributed by atoms with E-state index in [1.165, 1.54) is 43.5 Å². The van der Waals surface area contributed by atoms with Gasteiger partial charge in [-0.15, -0.1) is 0 Å². The number of hydrogen-bond donors (Lipinski definition) is 4. The molecule has 1 aliphatic heterocycles. The zero-order valence-electron chi connectivity index (χ0n) is 22.6. The van der Waals surface area contributed by atoms with Gasteiger partial charge in [-0.3, -0.25) is 19.5 Å². The van der Waals surface area contributed by atoms with Crippen LogP contribution in [0.2, 0.25) is 0 Å². The van der Waals surface area contributed by atoms with E-state index >= 15 is 4.39 Å². The highest BCUT2D eigenvalue weighted by atomic mass is 19.1. The number of amides is 2. The van der Waals surface area contributed by atoms with E-state index in [-0.39, 0.29) is 46.5 Å². The molecule has 1 aliphatic rings. The third-order valence-electron chi connectivity index (χ3n) is 6.94. The van der Waals surface area contributed by atoms with Gasteiger partial charge in [-0.05, 0) is 42.8 Å². The fourth-order valence-corrected chi connectivity index (χ4v) is 4.72. The summed E-state index contributed by atoms with van der Waals surface area (Å²) in [6.07, 6.45) is 2.37. The zero-order chi connectivity index (χ0) is 28.9. The van der Waals surface area contributed by atoms with Crippen molar-refractivity contribution in [2.45, 2.75) is 25.4 Å². The topological polar surface area (TPSA) is 134 Å². The molecule has 2 amide bonds. The maximum atomic E-state index is 15.1. The molecule has 2 heterocycles. The number of rotatable bonds is 10. The third kappa shape index (κ3) is 5.90. The number of carbonyl (C=O) groups excluding carboxylic acids is 3. The lowest BCUT2D eigenvalue weighted by molar-refractivity contribution is 0.0896. The van der Waals surface area contributed by atoms with E-state index in [2.05, 4.69) is 26.1 Å². The van der Waals surface area contributed by atoms with E-state index in [1.807, 2.05) is 13.0 Å². The molecule has 41 heavy (non-hydrogen) atoms. The first kappa shape index (κ1) is 27.8. The van der Waals surface area contributed by atoms with Crippen LogP contribution in [0.4, 0.5) is 4.39 Å². The smallest absolute Gasteiger partial charge is 0.251 e. The molecule has 3 aromatic carbocycles. The van der Waals surface area contributed by atoms with Crippen LogP contribution in [-0.2, 0) is 0 Å². The molecular formula is C30H30FN5O5. The molecule has 5 rings (SSSR count). The first-order chi connectivity index (χ1) is 19.9. The van der Waals surface area contributed by atoms with E-state index in [4.69, 9.17) is 9.47 Å². The Morgan fingerprint density at radius 1 is 0.927 bits per heavy atom. The Bertz CT molecular complexity index is 1590. The highest BCUT2D eigenvalue weighted by Crippen LogP contribution is 2.31. The van der Waals surface area contributed by atoms with Gasteiger partial charge in [-0.25, -0.2) is 4.39 Å². The van der Waals surface area contributed by atoms with E-state index in [0.717, 1.165) is 10.9 Å². The molecule has 212 valence electrons. The highest BCUT2D eigenvalue weighted by molar-refractivity contribution is 6.11. The first-order valence-corrected chi connectivity index (χ1v) is 13.3. The summed E-state index contributed by atoms with van der Waals surface area (Å²) in [6.45, 7) is 3.19. The Balaban J connectivity index is 1.26. The summed E-state index contributed by atoms with van der Waals surface area (Å²) in [5, 5.41) is 16.9. The summed E-state index contributed by atoms with van der Waals surface area (Å²) in [5.41, 5.74) is 1.52. The second-order valence-corrected chi connectivity index (χ2v) is 9.70. The van der Waals surface area contributed by atoms with Gasteiger partial charge in [0.15, 0.2) is 17.3 Å². The molecule has 0 radical (unpaired) electrons. The van der Waals surface area contributed by atoms with E-state index in [0.29, 0.717) is 37.2 Å². The standard InChI is InChI=1S/C30H30FN5O5/c1-3-12-41-24-10-11-25(40-2)27(31)26(24)28(37)17-4-6-18(7-5-17)29(38)34-22-15-32-16-23(22)35-30(39)19-8-9-20-14-33-36-21(20)13-19/h4-11,13-14,22-23,32H,3,12,15-16H2,1-2H3,(H,33,36)(H,34,38)(H,35,39)/t22-,23+/m0/s1. The van der Waals surface area contributed by atoms with Crippen molar-refractivity contribution in [3.8, 4) is 11.5 Å². The van der Waals surface area contributed by atoms with Crippen LogP contribution in [0.3, 0.4) is 0 Å². The highest BCUT2D eigenvalue weighted by Gasteiger charge is 2.30. The lowest BCUT2D eigenvalue weighted by Crippen LogP contribution is -2.51. The van der Waals surface area contributed by atoms with Crippen LogP contribution in [0.5, 0.6) is 11.5 Å². The SMILES string of the molecule is CCCOc1ccc(OC)c(F)c1C(=O)c1ccc(C(=O)N[C@H]2CNC[C@H]2NC(=O)c2ccc3cn[nH]c3c2)cc1. The van der Waals surface area contributed by atoms with Crippen LogP contribution in [-0.4, -0.2) is 66.7 Å². The van der Waals surface area contributed by atoms with Crippen molar-refractivity contribution in [1.82, 2.24) is 26.1 Å². The molecule has 0 unspecified atom stereocenters. The summed E-state index contributed by atoms with van der Waals surface area (Å²) in [6, 6.07) is 13.4. The monoisotopic (exact) mass is 559 g/mol. The summed E-state index contributed by atoms with van der Waals surface area (Å²) in [5.74, 6) is -1.96. The zero-order valence-corrected chi connectivity index (χ0v) is 22.6. The van der Waals surface area contributed by atoms with Crippen molar-refractivity contribution in [2.75, 3.05) is 26.8 Å². The molecule has 2 atom stereocenters. The number of halogens is 1. The second-order valence-electron chi connectivity index (χ2n) is 9.70. The van der Waals surface area contributed by atoms with Gasteiger partial charge in [0.25, 0.3) is 11.8 Å². The van der Waals surface area contributed by atoms with Crippen LogP contribution in [0, 0.1) is 5.82 Å². The minimum Gasteiger partial charge on any atom is -0.494 e. The number of carbonyl (C=O) groups is 3. The molecular weight excluding hydrogens is 529 g/mol. The predicted molar refractivity (Wildman–Crippen MR) is 150 cm³/mol. The number of hydrogen-bond acceptors (Lipinski definition) is 7. The molecule has 1 saturated heterocycles. The van der Waals surface area contributed by atoms with Gasteiger partial charge in [0.1, 0.15) is 11.3 Å². The quantitative estimate of drug-likeness (QED) is 0.219. The fraction of sp³-hybridized carbons (Fsp3) is 0.267. The van der Waals surface area contributed by atoms with Crippen LogP contribution in [0.1, 0.15) is 50.0 Å². The average Bonchev–Trinajstić information content (AvgIpc) is 3.64.